The van der Waals surface area contributed by atoms with E-state index < -0.39 is 126 Å². The van der Waals surface area contributed by atoms with Crippen LogP contribution in [-0.4, -0.2) is 314 Å². The first-order valence-electron chi connectivity index (χ1n) is 33.4. The molecule has 0 saturated carbocycles. The van der Waals surface area contributed by atoms with Crippen molar-refractivity contribution in [1.29, 1.82) is 0 Å². The summed E-state index contributed by atoms with van der Waals surface area (Å²) in [5.41, 5.74) is 0. The van der Waals surface area contributed by atoms with Crippen molar-refractivity contribution in [3.63, 3.8) is 0 Å². The molecule has 7 heterocycles. The number of hydrogen-bond acceptors (Lipinski definition) is 34. The van der Waals surface area contributed by atoms with Crippen LogP contribution in [0.25, 0.3) is 0 Å². The van der Waals surface area contributed by atoms with Gasteiger partial charge in [-0.2, -0.15) is 12.6 Å². The lowest BCUT2D eigenvalue weighted by molar-refractivity contribution is -0.376. The number of nitrogens with zero attached hydrogens (tertiary/aromatic N) is 4. The van der Waals surface area contributed by atoms with Crippen molar-refractivity contribution in [3.05, 3.63) is 48.6 Å². The van der Waals surface area contributed by atoms with Gasteiger partial charge in [-0.05, 0) is 53.4 Å². The fourth-order valence-corrected chi connectivity index (χ4v) is 11.2. The molecule has 0 bridgehead atoms. The highest BCUT2D eigenvalue weighted by atomic mass is 32.3. The highest BCUT2D eigenvalue weighted by Crippen LogP contribution is 2.35. The van der Waals surface area contributed by atoms with Crippen molar-refractivity contribution in [2.24, 2.45) is 5.92 Å². The van der Waals surface area contributed by atoms with Crippen molar-refractivity contribution < 1.29 is 151 Å². The van der Waals surface area contributed by atoms with Crippen molar-refractivity contribution in [1.82, 2.24) is 46.2 Å². The zero-order valence-electron chi connectivity index (χ0n) is 58.8. The molecule has 5 unspecified atom stereocenters. The van der Waals surface area contributed by atoms with Crippen LogP contribution in [0.15, 0.2) is 48.6 Å². The van der Waals surface area contributed by atoms with Crippen molar-refractivity contribution in [2.75, 3.05) is 91.5 Å². The Morgan fingerprint density at radius 2 is 0.811 bits per heavy atom. The topological polar surface area (TPSA) is 587 Å². The molecule has 106 heavy (non-hydrogen) atoms. The third-order valence-corrected chi connectivity index (χ3v) is 16.7. The number of thiol groups is 1. The van der Waals surface area contributed by atoms with Crippen LogP contribution in [0.4, 0.5) is 0 Å². The zero-order valence-corrected chi connectivity index (χ0v) is 61.4. The summed E-state index contributed by atoms with van der Waals surface area (Å²) in [4.78, 5) is 150. The Morgan fingerprint density at radius 1 is 0.481 bits per heavy atom. The number of rotatable bonds is 36. The molecule has 7 aliphatic rings. The van der Waals surface area contributed by atoms with E-state index in [0.29, 0.717) is 116 Å². The summed E-state index contributed by atoms with van der Waals surface area (Å²) in [6.45, 7) is 10.8. The molecule has 3 saturated heterocycles. The van der Waals surface area contributed by atoms with Gasteiger partial charge in [0, 0.05) is 159 Å². The van der Waals surface area contributed by atoms with Gasteiger partial charge in [-0.15, -0.1) is 0 Å². The molecule has 44 heteroatoms. The number of amides is 12. The van der Waals surface area contributed by atoms with Crippen LogP contribution in [0.5, 0.6) is 0 Å². The number of carbonyl (C=O) groups excluding carboxylic acids is 13. The van der Waals surface area contributed by atoms with Gasteiger partial charge >= 0.3 is 0 Å². The van der Waals surface area contributed by atoms with Crippen molar-refractivity contribution >= 4 is 110 Å². The lowest BCUT2D eigenvalue weighted by Gasteiger charge is -2.48. The normalized spacial score (nSPS) is 26.0. The Hall–Kier alpha value is -7.48. The van der Waals surface area contributed by atoms with Crippen LogP contribution >= 0.6 is 12.6 Å². The van der Waals surface area contributed by atoms with E-state index in [1.807, 2.05) is 27.7 Å². The number of carboxylic acids is 1. The molecule has 7 rings (SSSR count). The van der Waals surface area contributed by atoms with E-state index in [2.05, 4.69) is 47.6 Å². The summed E-state index contributed by atoms with van der Waals surface area (Å²) in [7, 11) is -9.27. The monoisotopic (exact) mass is 1570 g/mol. The van der Waals surface area contributed by atoms with Crippen molar-refractivity contribution in [2.45, 2.75) is 166 Å². The predicted octanol–water partition coefficient (Wildman–Crippen LogP) is -7.40. The first-order chi connectivity index (χ1) is 50.0. The van der Waals surface area contributed by atoms with Crippen LogP contribution < -0.4 is 31.7 Å². The van der Waals surface area contributed by atoms with E-state index in [4.69, 9.17) is 28.4 Å². The number of carbonyl (C=O) groups is 13. The van der Waals surface area contributed by atoms with Gasteiger partial charge in [0.05, 0.1) is 31.4 Å². The summed E-state index contributed by atoms with van der Waals surface area (Å²) in [6.07, 6.45) is -8.73. The van der Waals surface area contributed by atoms with Gasteiger partial charge in [-0.1, -0.05) is 6.92 Å². The standard InChI is InChI=1S/C22H39NO20S3.4C10H14N2O3/c1-8-12(24)16(36-2)10(6-37-45(30,31)32)40-21(8)42-18-14(26)15(27)22(43-19(18)20(28)29)41-17-11(7-38-46(33,34)35)39-9(13(17)25)5-23-3-4-44;4*1-2-11-8(13)4-3-7-12-9(14)5-6-10(12)15/h8-19,21-27,44H,3-7H2,1-2H3,(H,28,29)(H,30,31,32)(H,33,34,35);4*5-6H,2-4,7H2,1H3,(H,11,13)/p-3/t8?,9-,10?,11+,12+,13?,14+,15?,16+,17-,18-,19?,21-,22+;;;;/m0..../s1. The number of nitrogens with one attached hydrogen (secondary N) is 5. The highest BCUT2D eigenvalue weighted by molar-refractivity contribution is 7.81. The van der Waals surface area contributed by atoms with Gasteiger partial charge in [-0.25, -0.2) is 16.8 Å². The Labute approximate surface area is 616 Å². The van der Waals surface area contributed by atoms with Crippen LogP contribution in [-0.2, 0) is 120 Å². The van der Waals surface area contributed by atoms with Gasteiger partial charge < -0.3 is 94.4 Å². The second-order valence-electron chi connectivity index (χ2n) is 23.4. The fraction of sp³-hybridized carbons (Fsp3) is 0.661. The average Bonchev–Trinajstić information content (AvgIpc) is 1.31. The van der Waals surface area contributed by atoms with Crippen LogP contribution in [0.3, 0.4) is 0 Å². The molecule has 0 spiro atoms. The SMILES string of the molecule is CCNC(=O)CCCN1C(=O)C=CC1=O.CCNC(=O)CCCN1C(=O)C=CC1=O.CCNC(=O)CCCN1C(=O)C=CC1=O.CCNC(=O)CCCN1C(=O)C=CC1=O.CO[C@@H]1C(COS(=O)(=O)[O-])O[C@@H](O[C@@H]2C(C(=O)[O-])O[C@@H](O[C@@H]3C(O)[C@H](CNCCS)O[C@@H]3COS(=O)(=O)[O-])C(O)[C@H]2O)C(C)[C@H]1O. The first-order valence-corrected chi connectivity index (χ1v) is 36.7. The predicted molar refractivity (Wildman–Crippen MR) is 358 cm³/mol. The van der Waals surface area contributed by atoms with E-state index in [9.17, 15) is 114 Å². The van der Waals surface area contributed by atoms with Gasteiger partial charge in [0.2, 0.25) is 44.4 Å². The number of hydrogen-bond donors (Lipinski definition) is 10. The van der Waals surface area contributed by atoms with Gasteiger partial charge in [0.1, 0.15) is 54.9 Å². The Kier molecular flexibility index (Phi) is 40.8. The maximum Gasteiger partial charge on any atom is 0.253 e. The molecule has 9 N–H and O–H groups in total. The van der Waals surface area contributed by atoms with E-state index >= 15 is 0 Å². The number of methoxy groups -OCH3 is 1. The molecule has 3 fully saturated rings. The molecule has 0 aliphatic carbocycles. The van der Waals surface area contributed by atoms with Crippen LogP contribution in [0, 0.1) is 5.92 Å². The first kappa shape index (κ1) is 92.7. The molecule has 7 aliphatic heterocycles. The second kappa shape index (κ2) is 46.7. The molecule has 12 amide bonds. The maximum absolute atomic E-state index is 12.1. The summed E-state index contributed by atoms with van der Waals surface area (Å²) in [5, 5.41) is 68.9. The van der Waals surface area contributed by atoms with E-state index in [-0.39, 0.29) is 77.4 Å². The highest BCUT2D eigenvalue weighted by Gasteiger charge is 2.54. The molecule has 598 valence electrons. The number of aliphatic hydroxyl groups is 4. The second-order valence-corrected chi connectivity index (χ2v) is 26.0. The lowest BCUT2D eigenvalue weighted by atomic mass is 9.91. The summed E-state index contributed by atoms with van der Waals surface area (Å²) >= 11 is 4.03. The largest absolute Gasteiger partial charge is 0.726 e. The molecule has 0 aromatic rings. The Bertz CT molecular complexity index is 3060. The van der Waals surface area contributed by atoms with E-state index in [0.717, 1.165) is 26.7 Å². The van der Waals surface area contributed by atoms with Crippen LogP contribution in [0.2, 0.25) is 0 Å². The molecule has 0 aromatic carbocycles. The number of aliphatic hydroxyl groups excluding tert-OH is 4. The maximum atomic E-state index is 12.1. The smallest absolute Gasteiger partial charge is 0.253 e. The van der Waals surface area contributed by atoms with E-state index in [1.165, 1.54) is 55.5 Å². The van der Waals surface area contributed by atoms with Gasteiger partial charge in [0.25, 0.3) is 47.3 Å². The third-order valence-electron chi connectivity index (χ3n) is 15.7. The molecule has 0 aromatic heterocycles. The summed E-state index contributed by atoms with van der Waals surface area (Å²) < 4.78 is 107. The average molecular weight is 1570 g/mol. The minimum atomic E-state index is -5.22. The lowest BCUT2D eigenvalue weighted by Crippen LogP contribution is -2.66. The minimum Gasteiger partial charge on any atom is -0.726 e. The molecular weight excluding hydrogens is 1480 g/mol. The van der Waals surface area contributed by atoms with Gasteiger partial charge in [0.15, 0.2) is 12.6 Å². The summed E-state index contributed by atoms with van der Waals surface area (Å²) in [6, 6.07) is 0. The molecule has 14 atom stereocenters. The van der Waals surface area contributed by atoms with E-state index in [1.54, 1.807) is 0 Å². The fourth-order valence-electron chi connectivity index (χ4n) is 10.5. The Morgan fingerprint density at radius 3 is 1.11 bits per heavy atom. The molecule has 41 nitrogen and oxygen atoms in total. The number of ether oxygens (including phenoxy) is 6. The number of aliphatic carboxylic acids is 1. The number of imide groups is 4. The third kappa shape index (κ3) is 31.4. The number of carboxylic acid groups (broad SMARTS) is 1. The minimum absolute atomic E-state index is 0.0152. The quantitative estimate of drug-likeness (QED) is 0.00916. The summed E-state index contributed by atoms with van der Waals surface area (Å²) in [5.74, 6) is -5.21. The molecular formula is C62H92N9O32S3-3. The molecule has 0 radical (unpaired) electrons. The van der Waals surface area contributed by atoms with Crippen molar-refractivity contribution in [3.8, 4) is 0 Å². The van der Waals surface area contributed by atoms with Crippen LogP contribution in [0.1, 0.15) is 86.0 Å². The van der Waals surface area contributed by atoms with Gasteiger partial charge in [-0.3, -0.25) is 85.5 Å². The Balaban J connectivity index is 0.000000394. The zero-order chi connectivity index (χ0) is 79.6.